The highest BCUT2D eigenvalue weighted by atomic mass is 31.2. The molecule has 0 aliphatic carbocycles. The fourth-order valence-corrected chi connectivity index (χ4v) is 0.417. The monoisotopic (exact) mass is 186 g/mol. The minimum atomic E-state index is -2.10. The van der Waals surface area contributed by atoms with Crippen molar-refractivity contribution in [3.8, 4) is 0 Å². The van der Waals surface area contributed by atoms with Crippen molar-refractivity contribution in [2.75, 3.05) is 19.8 Å². The van der Waals surface area contributed by atoms with Gasteiger partial charge in [-0.25, -0.2) is 0 Å². The van der Waals surface area contributed by atoms with E-state index in [4.69, 9.17) is 20.0 Å². The van der Waals surface area contributed by atoms with Crippen LogP contribution in [0.5, 0.6) is 0 Å². The van der Waals surface area contributed by atoms with Gasteiger partial charge in [0, 0.05) is 13.2 Å². The Kier molecular flexibility index (Phi) is 16.1. The molecule has 70 valence electrons. The number of aliphatic hydroxyl groups excluding tert-OH is 2. The number of aliphatic hydroxyl groups is 2. The summed E-state index contributed by atoms with van der Waals surface area (Å²) in [4.78, 5) is 15.9. The molecule has 0 atom stereocenters. The van der Waals surface area contributed by atoms with Crippen LogP contribution < -0.4 is 0 Å². The Labute approximate surface area is 67.3 Å². The Morgan fingerprint density at radius 1 is 1.18 bits per heavy atom. The predicted octanol–water partition coefficient (Wildman–Crippen LogP) is -0.405. The summed E-state index contributed by atoms with van der Waals surface area (Å²) in [5, 5.41) is 15.8. The average molecular weight is 186 g/mol. The molecular formula is C5H15O5P. The van der Waals surface area contributed by atoms with E-state index in [-0.39, 0.29) is 13.2 Å². The van der Waals surface area contributed by atoms with Crippen molar-refractivity contribution in [3.63, 3.8) is 0 Å². The maximum Gasteiger partial charge on any atom is 0.327 e. The molecule has 0 bridgehead atoms. The first-order valence-corrected chi connectivity index (χ1v) is 4.38. The summed E-state index contributed by atoms with van der Waals surface area (Å²) in [5.74, 6) is 0. The standard InChI is InChI=1S/C3H8O2.C2H7O3P/c4-2-1-3-5;1-2-5-6(3)4/h4-5H,1-3H2;3-4H,2H2,1H3. The third-order valence-corrected chi connectivity index (χ3v) is 1.05. The van der Waals surface area contributed by atoms with Crippen LogP contribution in [0.25, 0.3) is 0 Å². The van der Waals surface area contributed by atoms with E-state index in [0.717, 1.165) is 0 Å². The van der Waals surface area contributed by atoms with Crippen LogP contribution in [0.1, 0.15) is 13.3 Å². The van der Waals surface area contributed by atoms with E-state index < -0.39 is 8.60 Å². The lowest BCUT2D eigenvalue weighted by Crippen LogP contribution is -1.85. The van der Waals surface area contributed by atoms with Crippen molar-refractivity contribution in [1.29, 1.82) is 0 Å². The van der Waals surface area contributed by atoms with E-state index in [1.807, 2.05) is 0 Å². The molecule has 0 rings (SSSR count). The lowest BCUT2D eigenvalue weighted by Gasteiger charge is -1.95. The van der Waals surface area contributed by atoms with Crippen molar-refractivity contribution >= 4 is 8.60 Å². The molecule has 0 aliphatic heterocycles. The third-order valence-electron chi connectivity index (χ3n) is 0.561. The second kappa shape index (κ2) is 12.9. The molecule has 0 saturated heterocycles. The number of hydrogen-bond donors (Lipinski definition) is 4. The van der Waals surface area contributed by atoms with Crippen LogP contribution in [0.4, 0.5) is 0 Å². The molecule has 0 heterocycles. The molecular weight excluding hydrogens is 171 g/mol. The molecule has 0 saturated carbocycles. The van der Waals surface area contributed by atoms with E-state index in [2.05, 4.69) is 4.52 Å². The smallest absolute Gasteiger partial charge is 0.327 e. The van der Waals surface area contributed by atoms with Crippen LogP contribution in [0.3, 0.4) is 0 Å². The van der Waals surface area contributed by atoms with Crippen LogP contribution in [-0.4, -0.2) is 39.8 Å². The molecule has 11 heavy (non-hydrogen) atoms. The van der Waals surface area contributed by atoms with Crippen molar-refractivity contribution < 1.29 is 24.5 Å². The van der Waals surface area contributed by atoms with Crippen LogP contribution in [0.2, 0.25) is 0 Å². The maximum atomic E-state index is 7.95. The zero-order chi connectivity index (χ0) is 9.11. The zero-order valence-electron chi connectivity index (χ0n) is 6.47. The van der Waals surface area contributed by atoms with Crippen LogP contribution in [0, 0.1) is 0 Å². The first kappa shape index (κ1) is 13.8. The summed E-state index contributed by atoms with van der Waals surface area (Å²) < 4.78 is 4.22. The van der Waals surface area contributed by atoms with Gasteiger partial charge in [-0.2, -0.15) is 0 Å². The van der Waals surface area contributed by atoms with Gasteiger partial charge in [0.05, 0.1) is 6.61 Å². The minimum absolute atomic E-state index is 0.0938. The fourth-order valence-electron chi connectivity index (χ4n) is 0.186. The molecule has 0 radical (unpaired) electrons. The second-order valence-corrected chi connectivity index (χ2v) is 2.23. The Morgan fingerprint density at radius 2 is 1.64 bits per heavy atom. The SMILES string of the molecule is CCOP(O)O.OCCCO. The molecule has 0 fully saturated rings. The van der Waals surface area contributed by atoms with Gasteiger partial charge in [-0.15, -0.1) is 0 Å². The second-order valence-electron chi connectivity index (χ2n) is 1.47. The number of rotatable bonds is 4. The van der Waals surface area contributed by atoms with Crippen LogP contribution in [0.15, 0.2) is 0 Å². The summed E-state index contributed by atoms with van der Waals surface area (Å²) in [6.45, 7) is 2.24. The first-order chi connectivity index (χ1) is 5.18. The molecule has 0 spiro atoms. The highest BCUT2D eigenvalue weighted by Gasteiger charge is 1.91. The van der Waals surface area contributed by atoms with E-state index in [1.165, 1.54) is 0 Å². The van der Waals surface area contributed by atoms with E-state index in [9.17, 15) is 0 Å². The molecule has 0 aliphatic rings. The highest BCUT2D eigenvalue weighted by Crippen LogP contribution is 2.22. The van der Waals surface area contributed by atoms with Gasteiger partial charge in [0.15, 0.2) is 0 Å². The largest absolute Gasteiger partial charge is 0.396 e. The Bertz CT molecular complexity index is 58.8. The lowest BCUT2D eigenvalue weighted by atomic mass is 10.5. The fraction of sp³-hybridized carbons (Fsp3) is 1.00. The number of hydrogen-bond acceptors (Lipinski definition) is 5. The van der Waals surface area contributed by atoms with Gasteiger partial charge < -0.3 is 24.5 Å². The van der Waals surface area contributed by atoms with E-state index >= 15 is 0 Å². The van der Waals surface area contributed by atoms with E-state index in [0.29, 0.717) is 13.0 Å². The van der Waals surface area contributed by atoms with Gasteiger partial charge in [-0.3, -0.25) is 0 Å². The zero-order valence-corrected chi connectivity index (χ0v) is 7.37. The molecule has 6 heteroatoms. The quantitative estimate of drug-likeness (QED) is 0.448. The Balaban J connectivity index is 0. The molecule has 5 nitrogen and oxygen atoms in total. The van der Waals surface area contributed by atoms with Gasteiger partial charge in [-0.05, 0) is 13.3 Å². The minimum Gasteiger partial charge on any atom is -0.396 e. The first-order valence-electron chi connectivity index (χ1n) is 3.21. The van der Waals surface area contributed by atoms with Crippen molar-refractivity contribution in [2.24, 2.45) is 0 Å². The van der Waals surface area contributed by atoms with Gasteiger partial charge >= 0.3 is 8.60 Å². The van der Waals surface area contributed by atoms with Crippen molar-refractivity contribution in [3.05, 3.63) is 0 Å². The highest BCUT2D eigenvalue weighted by molar-refractivity contribution is 7.39. The molecule has 0 aromatic rings. The summed E-state index contributed by atoms with van der Waals surface area (Å²) in [5.41, 5.74) is 0. The Morgan fingerprint density at radius 3 is 1.64 bits per heavy atom. The molecule has 4 N–H and O–H groups in total. The molecule has 0 aromatic carbocycles. The van der Waals surface area contributed by atoms with E-state index in [1.54, 1.807) is 6.92 Å². The summed E-state index contributed by atoms with van der Waals surface area (Å²) in [6, 6.07) is 0. The van der Waals surface area contributed by atoms with Crippen molar-refractivity contribution in [2.45, 2.75) is 13.3 Å². The predicted molar refractivity (Wildman–Crippen MR) is 41.8 cm³/mol. The third kappa shape index (κ3) is 25.3. The summed E-state index contributed by atoms with van der Waals surface area (Å²) in [6.07, 6.45) is 0.500. The van der Waals surface area contributed by atoms with Gasteiger partial charge in [0.1, 0.15) is 0 Å². The van der Waals surface area contributed by atoms with Gasteiger partial charge in [0.25, 0.3) is 0 Å². The molecule has 0 unspecified atom stereocenters. The van der Waals surface area contributed by atoms with Crippen molar-refractivity contribution in [1.82, 2.24) is 0 Å². The Hall–Kier alpha value is 0.230. The van der Waals surface area contributed by atoms with Crippen LogP contribution >= 0.6 is 8.60 Å². The van der Waals surface area contributed by atoms with Gasteiger partial charge in [-0.1, -0.05) is 0 Å². The molecule has 0 aromatic heterocycles. The van der Waals surface area contributed by atoms with Crippen LogP contribution in [-0.2, 0) is 4.52 Å². The molecule has 0 amide bonds. The summed E-state index contributed by atoms with van der Waals surface area (Å²) >= 11 is 0. The topological polar surface area (TPSA) is 90.2 Å². The normalized spacial score (nSPS) is 9.27. The summed E-state index contributed by atoms with van der Waals surface area (Å²) in [7, 11) is -2.10. The maximum absolute atomic E-state index is 7.95. The average Bonchev–Trinajstić information content (AvgIpc) is 1.90. The lowest BCUT2D eigenvalue weighted by molar-refractivity contribution is 0.221. The van der Waals surface area contributed by atoms with Gasteiger partial charge in [0.2, 0.25) is 0 Å².